The van der Waals surface area contributed by atoms with Crippen molar-refractivity contribution in [1.82, 2.24) is 0 Å². The Kier molecular flexibility index (Phi) is 12.0. The first-order valence-corrected chi connectivity index (χ1v) is 11.5. The van der Waals surface area contributed by atoms with Crippen LogP contribution in [0, 0.1) is 16.7 Å². The molecule has 0 fully saturated rings. The second-order valence-corrected chi connectivity index (χ2v) is 10.0. The van der Waals surface area contributed by atoms with Gasteiger partial charge in [0.15, 0.2) is 6.61 Å². The lowest BCUT2D eigenvalue weighted by atomic mass is 9.73. The van der Waals surface area contributed by atoms with Gasteiger partial charge in [0.2, 0.25) is 0 Å². The summed E-state index contributed by atoms with van der Waals surface area (Å²) < 4.78 is 168. The van der Waals surface area contributed by atoms with Crippen LogP contribution in [-0.4, -0.2) is 84.0 Å². The first kappa shape index (κ1) is 38.5. The maximum atomic E-state index is 14.0. The third kappa shape index (κ3) is 7.68. The van der Waals surface area contributed by atoms with Crippen molar-refractivity contribution in [2.24, 2.45) is 16.7 Å². The van der Waals surface area contributed by atoms with E-state index in [0.717, 1.165) is 13.8 Å². The number of carboxylic acids is 1. The molecule has 0 heterocycles. The van der Waals surface area contributed by atoms with Crippen LogP contribution in [0.3, 0.4) is 0 Å². The Bertz CT molecular complexity index is 940. The lowest BCUT2D eigenvalue weighted by Crippen LogP contribution is -2.69. The maximum Gasteiger partial charge on any atom is 0.384 e. The van der Waals surface area contributed by atoms with Crippen LogP contribution in [0.2, 0.25) is 0 Å². The Morgan fingerprint density at radius 2 is 1.24 bits per heavy atom. The van der Waals surface area contributed by atoms with E-state index in [2.05, 4.69) is 4.74 Å². The van der Waals surface area contributed by atoms with Crippen LogP contribution in [0.15, 0.2) is 0 Å². The van der Waals surface area contributed by atoms with Crippen molar-refractivity contribution in [1.29, 1.82) is 0 Å². The largest absolute Gasteiger partial charge is 0.481 e. The molecule has 0 aliphatic carbocycles. The highest BCUT2D eigenvalue weighted by molar-refractivity contribution is 5.80. The average Bonchev–Trinajstić information content (AvgIpc) is 2.84. The molecular weight excluding hydrogens is 604 g/mol. The number of rotatable bonds is 17. The van der Waals surface area contributed by atoms with Gasteiger partial charge in [-0.3, -0.25) is 14.4 Å². The van der Waals surface area contributed by atoms with E-state index >= 15 is 0 Å². The van der Waals surface area contributed by atoms with Crippen molar-refractivity contribution >= 4 is 17.9 Å². The first-order valence-electron chi connectivity index (χ1n) is 11.5. The van der Waals surface area contributed by atoms with Crippen LogP contribution < -0.4 is 0 Å². The maximum absolute atomic E-state index is 14.0. The summed E-state index contributed by atoms with van der Waals surface area (Å²) in [6.07, 6.45) is -7.13. The summed E-state index contributed by atoms with van der Waals surface area (Å²) in [4.78, 5) is 36.4. The van der Waals surface area contributed by atoms with Crippen molar-refractivity contribution in [3.05, 3.63) is 0 Å². The number of hydrogen-bond acceptors (Lipinski definition) is 6. The fourth-order valence-electron chi connectivity index (χ4n) is 3.39. The molecule has 0 spiro atoms. The predicted octanol–water partition coefficient (Wildman–Crippen LogP) is 5.43. The van der Waals surface area contributed by atoms with E-state index in [1.807, 2.05) is 0 Å². The van der Waals surface area contributed by atoms with E-state index in [0.29, 0.717) is 0 Å². The van der Waals surface area contributed by atoms with Gasteiger partial charge in [-0.05, 0) is 40.0 Å². The Balaban J connectivity index is 5.93. The molecular formula is C22H28F12O7. The number of alkyl halides is 12. The second-order valence-electron chi connectivity index (χ2n) is 10.0. The van der Waals surface area contributed by atoms with E-state index < -0.39 is 103 Å². The molecule has 0 saturated heterocycles. The summed E-state index contributed by atoms with van der Waals surface area (Å²) in [5.41, 5.74) is -3.75. The smallest absolute Gasteiger partial charge is 0.384 e. The minimum absolute atomic E-state index is 0.0450. The van der Waals surface area contributed by atoms with Crippen molar-refractivity contribution in [3.63, 3.8) is 0 Å². The molecule has 0 rings (SSSR count). The molecule has 0 aromatic carbocycles. The summed E-state index contributed by atoms with van der Waals surface area (Å²) in [6, 6.07) is 0. The summed E-state index contributed by atoms with van der Waals surface area (Å²) in [5.74, 6) is -42.9. The zero-order valence-corrected chi connectivity index (χ0v) is 21.9. The number of hydrogen-bond donors (Lipinski definition) is 2. The van der Waals surface area contributed by atoms with Gasteiger partial charge in [0.05, 0.1) is 23.4 Å². The Labute approximate surface area is 225 Å². The topological polar surface area (TPSA) is 110 Å². The number of carbonyl (C=O) groups is 3. The molecule has 0 radical (unpaired) electrons. The normalized spacial score (nSPS) is 16.2. The predicted molar refractivity (Wildman–Crippen MR) is 112 cm³/mol. The molecule has 7 nitrogen and oxygen atoms in total. The van der Waals surface area contributed by atoms with E-state index in [1.54, 1.807) is 0 Å². The number of ether oxygens (including phenoxy) is 2. The van der Waals surface area contributed by atoms with Gasteiger partial charge in [0.25, 0.3) is 0 Å². The Morgan fingerprint density at radius 3 is 1.63 bits per heavy atom. The molecule has 19 heteroatoms. The summed E-state index contributed by atoms with van der Waals surface area (Å²) >= 11 is 0. The van der Waals surface area contributed by atoms with E-state index in [1.165, 1.54) is 13.8 Å². The highest BCUT2D eigenvalue weighted by atomic mass is 19.4. The monoisotopic (exact) mass is 632 g/mol. The highest BCUT2D eigenvalue weighted by Crippen LogP contribution is 2.58. The van der Waals surface area contributed by atoms with Crippen LogP contribution in [-0.2, 0) is 23.9 Å². The third-order valence-electron chi connectivity index (χ3n) is 6.28. The van der Waals surface area contributed by atoms with Crippen molar-refractivity contribution < 1.29 is 86.8 Å². The number of halogens is 12. The minimum atomic E-state index is -7.80. The quantitative estimate of drug-likeness (QED) is 0.163. The minimum Gasteiger partial charge on any atom is -0.481 e. The number of aliphatic carboxylic acids is 1. The van der Waals surface area contributed by atoms with E-state index in [9.17, 15) is 72.2 Å². The molecule has 41 heavy (non-hydrogen) atoms. The molecule has 0 aliphatic heterocycles. The fourth-order valence-corrected chi connectivity index (χ4v) is 3.39. The molecule has 0 bridgehead atoms. The van der Waals surface area contributed by atoms with E-state index in [-0.39, 0.29) is 6.42 Å². The molecule has 0 aromatic heterocycles. The molecule has 2 N–H and O–H groups in total. The van der Waals surface area contributed by atoms with Crippen molar-refractivity contribution in [3.8, 4) is 0 Å². The van der Waals surface area contributed by atoms with Crippen LogP contribution >= 0.6 is 0 Å². The number of aliphatic hydroxyl groups excluding tert-OH is 1. The molecule has 0 saturated carbocycles. The van der Waals surface area contributed by atoms with Gasteiger partial charge >= 0.3 is 53.9 Å². The molecule has 0 aromatic rings. The molecule has 0 aliphatic rings. The SMILES string of the molecule is CCC(C)(CC(CC(C)(C)C(=O)OCC(F)(F)C(F)(F)C(F)(F)C(F)(F)C(F)(F)C(F)F)C(=O)O)C(=O)OCCO. The number of carboxylic acid groups (broad SMARTS) is 1. The van der Waals surface area contributed by atoms with Crippen LogP contribution in [0.5, 0.6) is 0 Å². The molecule has 0 amide bonds. The van der Waals surface area contributed by atoms with Gasteiger partial charge in [0, 0.05) is 0 Å². The van der Waals surface area contributed by atoms with Gasteiger partial charge in [-0.15, -0.1) is 0 Å². The third-order valence-corrected chi connectivity index (χ3v) is 6.28. The van der Waals surface area contributed by atoms with Gasteiger partial charge in [-0.1, -0.05) is 6.92 Å². The van der Waals surface area contributed by atoms with Crippen molar-refractivity contribution in [2.45, 2.75) is 83.0 Å². The number of carbonyl (C=O) groups excluding carboxylic acids is 2. The van der Waals surface area contributed by atoms with Gasteiger partial charge in [-0.2, -0.15) is 43.9 Å². The molecule has 2 atom stereocenters. The van der Waals surface area contributed by atoms with Gasteiger partial charge < -0.3 is 19.7 Å². The first-order chi connectivity index (χ1) is 18.1. The van der Waals surface area contributed by atoms with Crippen LogP contribution in [0.4, 0.5) is 52.7 Å². The zero-order valence-electron chi connectivity index (χ0n) is 21.9. The molecule has 242 valence electrons. The standard InChI is InChI=1S/C22H28F12O7/c1-5-17(4,15(39)40-7-6-35)9-11(12(36)37)8-16(2,3)14(38)41-10-18(25,26)20(29,30)22(33,34)21(31,32)19(27,28)13(23)24/h11,13,35H,5-10H2,1-4H3,(H,36,37). The summed E-state index contributed by atoms with van der Waals surface area (Å²) in [7, 11) is 0. The number of aliphatic hydroxyl groups is 1. The van der Waals surface area contributed by atoms with Crippen LogP contribution in [0.25, 0.3) is 0 Å². The average molecular weight is 632 g/mol. The highest BCUT2D eigenvalue weighted by Gasteiger charge is 2.88. The van der Waals surface area contributed by atoms with Gasteiger partial charge in [-0.25, -0.2) is 8.78 Å². The number of esters is 2. The molecule has 2 unspecified atom stereocenters. The fraction of sp³-hybridized carbons (Fsp3) is 0.864. The Morgan fingerprint density at radius 1 is 0.756 bits per heavy atom. The van der Waals surface area contributed by atoms with E-state index in [4.69, 9.17) is 9.84 Å². The van der Waals surface area contributed by atoms with Crippen molar-refractivity contribution in [2.75, 3.05) is 19.8 Å². The lowest BCUT2D eigenvalue weighted by Gasteiger charge is -2.39. The summed E-state index contributed by atoms with van der Waals surface area (Å²) in [5, 5.41) is 18.3. The van der Waals surface area contributed by atoms with Crippen LogP contribution in [0.1, 0.15) is 47.0 Å². The second kappa shape index (κ2) is 12.8. The zero-order chi connectivity index (χ0) is 33.0. The lowest BCUT2D eigenvalue weighted by molar-refractivity contribution is -0.414. The van der Waals surface area contributed by atoms with Gasteiger partial charge in [0.1, 0.15) is 6.61 Å². The summed E-state index contributed by atoms with van der Waals surface area (Å²) in [6.45, 7) is 0.178. The Hall–Kier alpha value is -2.47.